The van der Waals surface area contributed by atoms with Crippen LogP contribution < -0.4 is 5.32 Å². The van der Waals surface area contributed by atoms with Gasteiger partial charge in [-0.25, -0.2) is 0 Å². The summed E-state index contributed by atoms with van der Waals surface area (Å²) in [6, 6.07) is -0.0179. The Bertz CT molecular complexity index is 394. The fourth-order valence-electron chi connectivity index (χ4n) is 3.97. The van der Waals surface area contributed by atoms with E-state index in [4.69, 9.17) is 9.84 Å². The third-order valence-electron chi connectivity index (χ3n) is 5.59. The molecule has 0 bridgehead atoms. The number of nitrogens with one attached hydrogen (secondary N) is 1. The van der Waals surface area contributed by atoms with Crippen LogP contribution in [0.4, 0.5) is 0 Å². The fraction of sp³-hybridized carbons (Fsp3) is 0.889. The smallest absolute Gasteiger partial charge is 0.303 e. The van der Waals surface area contributed by atoms with Crippen LogP contribution in [0.15, 0.2) is 0 Å². The van der Waals surface area contributed by atoms with Crippen molar-refractivity contribution in [2.75, 3.05) is 7.11 Å². The van der Waals surface area contributed by atoms with Crippen LogP contribution in [0.1, 0.15) is 77.0 Å². The monoisotopic (exact) mass is 325 g/mol. The maximum Gasteiger partial charge on any atom is 0.303 e. The minimum absolute atomic E-state index is 0.0118. The summed E-state index contributed by atoms with van der Waals surface area (Å²) in [6.07, 6.45) is 11.2. The van der Waals surface area contributed by atoms with Crippen molar-refractivity contribution < 1.29 is 19.4 Å². The molecule has 0 aromatic carbocycles. The van der Waals surface area contributed by atoms with E-state index in [1.54, 1.807) is 7.11 Å². The van der Waals surface area contributed by atoms with Gasteiger partial charge in [0.2, 0.25) is 5.91 Å². The van der Waals surface area contributed by atoms with Gasteiger partial charge in [0, 0.05) is 19.6 Å². The summed E-state index contributed by atoms with van der Waals surface area (Å²) in [5.74, 6) is -0.152. The van der Waals surface area contributed by atoms with Crippen molar-refractivity contribution >= 4 is 11.9 Å². The molecule has 2 N–H and O–H groups in total. The van der Waals surface area contributed by atoms with Crippen LogP contribution in [0.25, 0.3) is 0 Å². The number of carboxylic acids is 1. The van der Waals surface area contributed by atoms with Crippen molar-refractivity contribution in [1.29, 1.82) is 0 Å². The van der Waals surface area contributed by atoms with Gasteiger partial charge in [0.05, 0.1) is 12.0 Å². The molecule has 0 saturated heterocycles. The number of hydrogen-bond acceptors (Lipinski definition) is 3. The third-order valence-corrected chi connectivity index (χ3v) is 5.59. The number of aliphatic carboxylic acids is 1. The summed E-state index contributed by atoms with van der Waals surface area (Å²) in [5, 5.41) is 12.0. The van der Waals surface area contributed by atoms with E-state index in [9.17, 15) is 9.59 Å². The van der Waals surface area contributed by atoms with Crippen LogP contribution in [-0.2, 0) is 14.3 Å². The summed E-state index contributed by atoms with van der Waals surface area (Å²) in [7, 11) is 1.68. The van der Waals surface area contributed by atoms with E-state index in [1.807, 2.05) is 0 Å². The van der Waals surface area contributed by atoms with Crippen LogP contribution in [-0.4, -0.2) is 35.7 Å². The van der Waals surface area contributed by atoms with E-state index in [-0.39, 0.29) is 24.0 Å². The summed E-state index contributed by atoms with van der Waals surface area (Å²) in [6.45, 7) is 0. The minimum atomic E-state index is -0.791. The van der Waals surface area contributed by atoms with Gasteiger partial charge in [-0.2, -0.15) is 0 Å². The lowest BCUT2D eigenvalue weighted by Crippen LogP contribution is -2.46. The Balaban J connectivity index is 1.84. The molecule has 2 fully saturated rings. The van der Waals surface area contributed by atoms with Gasteiger partial charge in [0.25, 0.3) is 0 Å². The van der Waals surface area contributed by atoms with E-state index >= 15 is 0 Å². The Morgan fingerprint density at radius 3 is 2.43 bits per heavy atom. The van der Waals surface area contributed by atoms with Crippen LogP contribution in [0.2, 0.25) is 0 Å². The zero-order valence-electron chi connectivity index (χ0n) is 14.3. The first kappa shape index (κ1) is 18.2. The molecule has 5 heteroatoms. The lowest BCUT2D eigenvalue weighted by molar-refractivity contribution is -0.138. The van der Waals surface area contributed by atoms with Crippen molar-refractivity contribution in [3.63, 3.8) is 0 Å². The van der Waals surface area contributed by atoms with E-state index in [2.05, 4.69) is 5.32 Å². The summed E-state index contributed by atoms with van der Waals surface area (Å²) in [4.78, 5) is 23.2. The van der Waals surface area contributed by atoms with E-state index in [0.717, 1.165) is 25.7 Å². The van der Waals surface area contributed by atoms with Crippen molar-refractivity contribution in [1.82, 2.24) is 5.32 Å². The van der Waals surface area contributed by atoms with Gasteiger partial charge in [-0.15, -0.1) is 0 Å². The van der Waals surface area contributed by atoms with Gasteiger partial charge in [0.1, 0.15) is 0 Å². The topological polar surface area (TPSA) is 75.6 Å². The number of carbonyl (C=O) groups is 2. The second-order valence-corrected chi connectivity index (χ2v) is 7.35. The summed E-state index contributed by atoms with van der Waals surface area (Å²) in [5.41, 5.74) is -0.272. The molecule has 2 saturated carbocycles. The molecule has 0 heterocycles. The number of carboxylic acid groups (broad SMARTS) is 1. The number of hydrogen-bond donors (Lipinski definition) is 2. The molecule has 2 rings (SSSR count). The van der Waals surface area contributed by atoms with E-state index < -0.39 is 5.97 Å². The molecular formula is C18H31NO4. The summed E-state index contributed by atoms with van der Waals surface area (Å²) < 4.78 is 5.52. The molecule has 0 spiro atoms. The Morgan fingerprint density at radius 2 is 1.91 bits per heavy atom. The van der Waals surface area contributed by atoms with Crippen molar-refractivity contribution in [2.24, 2.45) is 5.92 Å². The molecule has 0 radical (unpaired) electrons. The highest BCUT2D eigenvalue weighted by Crippen LogP contribution is 2.38. The van der Waals surface area contributed by atoms with E-state index in [1.165, 1.54) is 32.1 Å². The number of rotatable bonds is 9. The fourth-order valence-corrected chi connectivity index (χ4v) is 3.97. The molecule has 1 unspecified atom stereocenters. The van der Waals surface area contributed by atoms with Gasteiger partial charge >= 0.3 is 5.97 Å². The van der Waals surface area contributed by atoms with Crippen molar-refractivity contribution in [3.8, 4) is 0 Å². The van der Waals surface area contributed by atoms with Crippen molar-refractivity contribution in [2.45, 2.75) is 88.7 Å². The molecule has 132 valence electrons. The van der Waals surface area contributed by atoms with E-state index in [0.29, 0.717) is 18.8 Å². The second kappa shape index (κ2) is 8.67. The first-order valence-corrected chi connectivity index (χ1v) is 9.09. The average Bonchev–Trinajstić information content (AvgIpc) is 2.49. The van der Waals surface area contributed by atoms with Crippen LogP contribution in [0, 0.1) is 5.92 Å². The zero-order chi connectivity index (χ0) is 16.7. The second-order valence-electron chi connectivity index (χ2n) is 7.35. The highest BCUT2D eigenvalue weighted by Gasteiger charge is 2.39. The highest BCUT2D eigenvalue weighted by molar-refractivity contribution is 5.77. The first-order valence-electron chi connectivity index (χ1n) is 9.09. The molecule has 5 nitrogen and oxygen atoms in total. The third kappa shape index (κ3) is 5.79. The standard InChI is InChI=1S/C18H31NO4/c1-23-18(10-5-11-18)13-16(20)19-15(8-9-17(21)22)12-14-6-3-2-4-7-14/h14-15H,2-13H2,1H3,(H,19,20)(H,21,22). The van der Waals surface area contributed by atoms with Gasteiger partial charge < -0.3 is 15.2 Å². The maximum absolute atomic E-state index is 12.4. The Hall–Kier alpha value is -1.10. The number of carbonyl (C=O) groups excluding carboxylic acids is 1. The highest BCUT2D eigenvalue weighted by atomic mass is 16.5. The molecule has 2 aliphatic carbocycles. The Labute approximate surface area is 139 Å². The predicted octanol–water partition coefficient (Wildman–Crippen LogP) is 3.27. The molecule has 23 heavy (non-hydrogen) atoms. The number of ether oxygens (including phenoxy) is 1. The predicted molar refractivity (Wildman–Crippen MR) is 88.2 cm³/mol. The normalized spacial score (nSPS) is 22.1. The van der Waals surface area contributed by atoms with Gasteiger partial charge in [-0.1, -0.05) is 32.1 Å². The SMILES string of the molecule is COC1(CC(=O)NC(CCC(=O)O)CC2CCCCC2)CCC1. The molecule has 1 atom stereocenters. The van der Waals surface area contributed by atoms with Crippen LogP contribution in [0.5, 0.6) is 0 Å². The lowest BCUT2D eigenvalue weighted by Gasteiger charge is -2.40. The molecule has 0 aromatic rings. The lowest BCUT2D eigenvalue weighted by atomic mass is 9.77. The number of methoxy groups -OCH3 is 1. The van der Waals surface area contributed by atoms with Crippen LogP contribution in [0.3, 0.4) is 0 Å². The average molecular weight is 325 g/mol. The molecule has 0 aromatic heterocycles. The van der Waals surface area contributed by atoms with Crippen molar-refractivity contribution in [3.05, 3.63) is 0 Å². The maximum atomic E-state index is 12.4. The molecule has 2 aliphatic rings. The zero-order valence-corrected chi connectivity index (χ0v) is 14.3. The van der Waals surface area contributed by atoms with Gasteiger partial charge in [-0.05, 0) is 38.0 Å². The largest absolute Gasteiger partial charge is 0.481 e. The Kier molecular flexibility index (Phi) is 6.88. The molecule has 1 amide bonds. The number of amides is 1. The minimum Gasteiger partial charge on any atom is -0.481 e. The van der Waals surface area contributed by atoms with Gasteiger partial charge in [-0.3, -0.25) is 9.59 Å². The Morgan fingerprint density at radius 1 is 1.22 bits per heavy atom. The molecule has 0 aliphatic heterocycles. The van der Waals surface area contributed by atoms with Gasteiger partial charge in [0.15, 0.2) is 0 Å². The first-order chi connectivity index (χ1) is 11.0. The summed E-state index contributed by atoms with van der Waals surface area (Å²) >= 11 is 0. The van der Waals surface area contributed by atoms with Crippen LogP contribution >= 0.6 is 0 Å². The quantitative estimate of drug-likeness (QED) is 0.682. The molecular weight excluding hydrogens is 294 g/mol.